The molecule has 2 fully saturated rings. The zero-order valence-corrected chi connectivity index (χ0v) is 30.7. The van der Waals surface area contributed by atoms with Gasteiger partial charge in [0.2, 0.25) is 5.82 Å². The zero-order valence-electron chi connectivity index (χ0n) is 30.0. The molecule has 1 amide bonds. The molecule has 2 aliphatic heterocycles. The molecule has 56 heavy (non-hydrogen) atoms. The third-order valence-electron chi connectivity index (χ3n) is 10.5. The molecule has 0 unspecified atom stereocenters. The van der Waals surface area contributed by atoms with Crippen molar-refractivity contribution in [3.63, 3.8) is 0 Å². The number of aliphatic hydroxyl groups is 2. The predicted octanol–water partition coefficient (Wildman–Crippen LogP) is 8.65. The van der Waals surface area contributed by atoms with Crippen LogP contribution in [0.2, 0.25) is 5.02 Å². The van der Waals surface area contributed by atoms with E-state index in [1.54, 1.807) is 30.3 Å². The number of piperidine rings is 1. The van der Waals surface area contributed by atoms with Crippen LogP contribution in [-0.4, -0.2) is 46.8 Å². The lowest BCUT2D eigenvalue weighted by Crippen LogP contribution is -2.46. The number of nitrogens with one attached hydrogen (secondary N) is 1. The molecule has 0 bridgehead atoms. The minimum atomic E-state index is -2.34. The van der Waals surface area contributed by atoms with Crippen molar-refractivity contribution in [2.24, 2.45) is 0 Å². The van der Waals surface area contributed by atoms with Gasteiger partial charge in [0.1, 0.15) is 5.56 Å². The average Bonchev–Trinajstić information content (AvgIpc) is 3.22. The molecule has 7 nitrogen and oxygen atoms in total. The number of amides is 1. The number of halogens is 6. The van der Waals surface area contributed by atoms with Crippen molar-refractivity contribution in [2.75, 3.05) is 19.6 Å². The van der Waals surface area contributed by atoms with Gasteiger partial charge in [0.15, 0.2) is 29.6 Å². The van der Waals surface area contributed by atoms with E-state index >= 15 is 0 Å². The maximum absolute atomic E-state index is 14.2. The van der Waals surface area contributed by atoms with Crippen LogP contribution in [0.25, 0.3) is 11.1 Å². The van der Waals surface area contributed by atoms with E-state index in [1.807, 2.05) is 66.7 Å². The number of likely N-dealkylation sites (tertiary alicyclic amines) is 1. The maximum Gasteiger partial charge on any atom is 0.257 e. The van der Waals surface area contributed by atoms with Gasteiger partial charge in [-0.2, -0.15) is 0 Å². The van der Waals surface area contributed by atoms with Crippen molar-refractivity contribution in [1.82, 2.24) is 10.2 Å². The van der Waals surface area contributed by atoms with E-state index in [4.69, 9.17) is 21.1 Å². The van der Waals surface area contributed by atoms with Crippen LogP contribution in [0, 0.1) is 29.1 Å². The largest absolute Gasteiger partial charge is 0.392 e. The summed E-state index contributed by atoms with van der Waals surface area (Å²) in [7, 11) is 0. The maximum atomic E-state index is 14.2. The summed E-state index contributed by atoms with van der Waals surface area (Å²) >= 11 is 6.08. The van der Waals surface area contributed by atoms with Gasteiger partial charge in [-0.15, -0.1) is 0 Å². The summed E-state index contributed by atoms with van der Waals surface area (Å²) in [5.41, 5.74) is 2.79. The fourth-order valence-corrected chi connectivity index (χ4v) is 7.40. The van der Waals surface area contributed by atoms with Crippen molar-refractivity contribution in [1.29, 1.82) is 0 Å². The summed E-state index contributed by atoms with van der Waals surface area (Å²) in [5, 5.41) is 23.9. The molecule has 2 aliphatic rings. The Morgan fingerprint density at radius 2 is 1.39 bits per heavy atom. The van der Waals surface area contributed by atoms with Gasteiger partial charge >= 0.3 is 0 Å². The molecule has 2 heterocycles. The highest BCUT2D eigenvalue weighted by molar-refractivity contribution is 6.30. The molecule has 0 spiro atoms. The Hall–Kier alpha value is -4.69. The molecule has 3 atom stereocenters. The first-order valence-corrected chi connectivity index (χ1v) is 18.5. The highest BCUT2D eigenvalue weighted by Crippen LogP contribution is 2.40. The second-order valence-electron chi connectivity index (χ2n) is 14.1. The molecule has 5 aromatic rings. The number of ether oxygens (including phenoxy) is 2. The van der Waals surface area contributed by atoms with Gasteiger partial charge in [-0.25, -0.2) is 22.0 Å². The zero-order chi connectivity index (χ0) is 39.6. The number of rotatable bonds is 10. The Labute approximate surface area is 325 Å². The fraction of sp³-hybridized carbons (Fsp3) is 0.279. The number of benzene rings is 5. The number of hydrogen-bond acceptors (Lipinski definition) is 6. The third kappa shape index (κ3) is 8.51. The van der Waals surface area contributed by atoms with Crippen molar-refractivity contribution in [2.45, 2.75) is 56.5 Å². The molecule has 0 saturated carbocycles. The summed E-state index contributed by atoms with van der Waals surface area (Å²) in [5.74, 6) is -12.6. The quantitative estimate of drug-likeness (QED) is 0.0746. The van der Waals surface area contributed by atoms with Crippen LogP contribution in [0.3, 0.4) is 0 Å². The Bertz CT molecular complexity index is 2170. The summed E-state index contributed by atoms with van der Waals surface area (Å²) in [6, 6.07) is 29.4. The topological polar surface area (TPSA) is 91.3 Å². The molecule has 0 aromatic heterocycles. The van der Waals surface area contributed by atoms with Crippen LogP contribution >= 0.6 is 11.6 Å². The Morgan fingerprint density at radius 1 is 0.768 bits per heavy atom. The van der Waals surface area contributed by atoms with Gasteiger partial charge in [0.25, 0.3) is 5.91 Å². The first kappa shape index (κ1) is 39.5. The first-order chi connectivity index (χ1) is 26.9. The van der Waals surface area contributed by atoms with Crippen molar-refractivity contribution in [3.8, 4) is 11.1 Å². The monoisotopic (exact) mass is 792 g/mol. The lowest BCUT2D eigenvalue weighted by molar-refractivity contribution is -0.253. The van der Waals surface area contributed by atoms with Gasteiger partial charge in [-0.3, -0.25) is 4.79 Å². The Balaban J connectivity index is 1.07. The molecule has 2 saturated heterocycles. The minimum Gasteiger partial charge on any atom is -0.392 e. The SMILES string of the molecule is O=C(NCc1cccc(-c2cccc([C@@H]3O[C@H](CN4CCC(O)(c5ccc(Cl)cc5)CC4)C[C@H](c4ccc(CO)cc4)O3)c2)c1)c1c(F)c(F)c(F)c(F)c1F. The van der Waals surface area contributed by atoms with E-state index in [2.05, 4.69) is 10.2 Å². The van der Waals surface area contributed by atoms with Crippen LogP contribution < -0.4 is 5.32 Å². The van der Waals surface area contributed by atoms with Crippen LogP contribution in [0.1, 0.15) is 69.8 Å². The van der Waals surface area contributed by atoms with Gasteiger partial charge < -0.3 is 29.9 Å². The summed E-state index contributed by atoms with van der Waals surface area (Å²) < 4.78 is 82.5. The highest BCUT2D eigenvalue weighted by atomic mass is 35.5. The number of carbonyl (C=O) groups is 1. The summed E-state index contributed by atoms with van der Waals surface area (Å²) in [4.78, 5) is 14.8. The standard InChI is InChI=1S/C43H38ClF5N2O5/c44-32-13-11-31(12-14-32)43(54)15-17-51(18-16-43)23-33-21-34(27-9-7-25(24-52)8-10-27)56-42(55-33)30-6-2-5-29(20-30)28-4-1-3-26(19-28)22-50-41(53)35-36(45)38(47)40(49)39(48)37(35)46/h1-14,19-20,33-34,42,52,54H,15-18,21-24H2,(H,50,53)/t33-,34+,42+/m0/s1. The molecular weight excluding hydrogens is 755 g/mol. The normalized spacial score (nSPS) is 19.8. The molecule has 3 N–H and O–H groups in total. The van der Waals surface area contributed by atoms with Crippen molar-refractivity contribution >= 4 is 17.5 Å². The molecule has 13 heteroatoms. The molecule has 5 aromatic carbocycles. The summed E-state index contributed by atoms with van der Waals surface area (Å²) in [6.45, 7) is 1.60. The second-order valence-corrected chi connectivity index (χ2v) is 14.6. The number of aliphatic hydroxyl groups excluding tert-OH is 1. The van der Waals surface area contributed by atoms with E-state index in [0.29, 0.717) is 49.5 Å². The molecular formula is C43H38ClF5N2O5. The van der Waals surface area contributed by atoms with Crippen LogP contribution in [0.5, 0.6) is 0 Å². The predicted molar refractivity (Wildman–Crippen MR) is 199 cm³/mol. The number of carbonyl (C=O) groups excluding carboxylic acids is 1. The number of nitrogens with zero attached hydrogens (tertiary/aromatic N) is 1. The Kier molecular flexibility index (Phi) is 11.9. The van der Waals surface area contributed by atoms with Gasteiger partial charge in [0, 0.05) is 43.2 Å². The van der Waals surface area contributed by atoms with Gasteiger partial charge in [-0.1, -0.05) is 84.4 Å². The number of hydrogen-bond donors (Lipinski definition) is 3. The lowest BCUT2D eigenvalue weighted by Gasteiger charge is -2.42. The smallest absolute Gasteiger partial charge is 0.257 e. The molecule has 0 radical (unpaired) electrons. The lowest BCUT2D eigenvalue weighted by atomic mass is 9.84. The van der Waals surface area contributed by atoms with E-state index in [0.717, 1.165) is 33.4 Å². The van der Waals surface area contributed by atoms with Gasteiger partial charge in [-0.05, 0) is 70.5 Å². The van der Waals surface area contributed by atoms with E-state index in [9.17, 15) is 37.0 Å². The van der Waals surface area contributed by atoms with Crippen molar-refractivity contribution in [3.05, 3.63) is 165 Å². The van der Waals surface area contributed by atoms with Crippen molar-refractivity contribution < 1.29 is 46.4 Å². The van der Waals surface area contributed by atoms with E-state index in [1.165, 1.54) is 0 Å². The molecule has 0 aliphatic carbocycles. The van der Waals surface area contributed by atoms with E-state index < -0.39 is 52.4 Å². The minimum absolute atomic E-state index is 0.0802. The highest BCUT2D eigenvalue weighted by Gasteiger charge is 2.38. The van der Waals surface area contributed by atoms with E-state index in [-0.39, 0.29) is 25.4 Å². The van der Waals surface area contributed by atoms with Crippen LogP contribution in [0.4, 0.5) is 22.0 Å². The van der Waals surface area contributed by atoms with Crippen LogP contribution in [-0.2, 0) is 28.2 Å². The fourth-order valence-electron chi connectivity index (χ4n) is 7.28. The molecule has 7 rings (SSSR count). The molecule has 292 valence electrons. The van der Waals surface area contributed by atoms with Gasteiger partial charge in [0.05, 0.1) is 24.4 Å². The van der Waals surface area contributed by atoms with Crippen LogP contribution in [0.15, 0.2) is 97.1 Å². The third-order valence-corrected chi connectivity index (χ3v) is 10.7. The first-order valence-electron chi connectivity index (χ1n) is 18.1. The Morgan fingerprint density at radius 3 is 2.05 bits per heavy atom. The second kappa shape index (κ2) is 16.8. The summed E-state index contributed by atoms with van der Waals surface area (Å²) in [6.07, 6.45) is 0.369. The average molecular weight is 793 g/mol.